The van der Waals surface area contributed by atoms with Crippen molar-refractivity contribution in [2.24, 2.45) is 0 Å². The standard InChI is InChI=1S/C32H34N10O11S/c1-20(2)22-10-11-26(34-19-22)54(46,47)39-30-27(53-25-9-5-4-8-24(25)48-3)31(49-16-17-51-32(43)50-14-6-7-15-52-42(44)45)36-28(35-30)21-12-13-33-23(18-21)29-37-40-41-38-29/h4-5,8-13,18-20H,6-7,14-17H2,1-3H3,(H,35,36,39)(H,37,38,40,41). The first kappa shape index (κ1) is 38.5. The number of carbonyl (C=O) groups excluding carboxylic acids is 1. The van der Waals surface area contributed by atoms with Crippen LogP contribution in [0, 0.1) is 10.1 Å². The number of hydrogen-bond donors (Lipinski definition) is 2. The number of unbranched alkanes of at least 4 members (excludes halogenated alkanes) is 1. The Morgan fingerprint density at radius 1 is 0.963 bits per heavy atom. The maximum Gasteiger partial charge on any atom is 0.508 e. The zero-order valence-electron chi connectivity index (χ0n) is 29.1. The Labute approximate surface area is 307 Å². The molecule has 5 aromatic rings. The van der Waals surface area contributed by atoms with Crippen molar-refractivity contribution in [1.29, 1.82) is 0 Å². The molecule has 0 amide bonds. The molecule has 0 saturated heterocycles. The van der Waals surface area contributed by atoms with Crippen LogP contribution in [-0.4, -0.2) is 93.8 Å². The molecule has 21 nitrogen and oxygen atoms in total. The normalized spacial score (nSPS) is 11.1. The summed E-state index contributed by atoms with van der Waals surface area (Å²) in [5, 5.41) is 22.9. The van der Waals surface area contributed by atoms with Crippen LogP contribution >= 0.6 is 0 Å². The molecule has 0 aliphatic heterocycles. The average molecular weight is 767 g/mol. The lowest BCUT2D eigenvalue weighted by atomic mass is 10.1. The van der Waals surface area contributed by atoms with E-state index in [0.717, 1.165) is 5.56 Å². The number of hydrogen-bond acceptors (Lipinski definition) is 18. The Kier molecular flexibility index (Phi) is 13.0. The highest BCUT2D eigenvalue weighted by Crippen LogP contribution is 2.41. The average Bonchev–Trinajstić information content (AvgIpc) is 3.71. The van der Waals surface area contributed by atoms with Crippen LogP contribution in [0.5, 0.6) is 23.1 Å². The van der Waals surface area contributed by atoms with Crippen LogP contribution in [0.1, 0.15) is 38.2 Å². The molecule has 0 saturated carbocycles. The molecule has 0 bridgehead atoms. The number of nitrogens with zero attached hydrogens (tertiary/aromatic N) is 8. The number of methoxy groups -OCH3 is 1. The van der Waals surface area contributed by atoms with Gasteiger partial charge in [-0.2, -0.15) is 18.6 Å². The molecule has 22 heteroatoms. The lowest BCUT2D eigenvalue weighted by molar-refractivity contribution is -0.757. The number of tetrazole rings is 1. The van der Waals surface area contributed by atoms with Gasteiger partial charge in [0.2, 0.25) is 11.6 Å². The number of aromatic amines is 1. The van der Waals surface area contributed by atoms with Gasteiger partial charge >= 0.3 is 6.16 Å². The third-order valence-corrected chi connectivity index (χ3v) is 8.39. The molecule has 5 rings (SSSR count). The highest BCUT2D eigenvalue weighted by atomic mass is 32.2. The van der Waals surface area contributed by atoms with E-state index in [2.05, 4.69) is 50.1 Å². The fraction of sp³-hybridized carbons (Fsp3) is 0.312. The molecular formula is C32H34N10O11S. The number of H-pyrrole nitrogens is 1. The molecule has 1 aromatic carbocycles. The van der Waals surface area contributed by atoms with Gasteiger partial charge in [-0.1, -0.05) is 32.0 Å². The van der Waals surface area contributed by atoms with Crippen molar-refractivity contribution in [1.82, 2.24) is 40.6 Å². The van der Waals surface area contributed by atoms with Gasteiger partial charge in [-0.25, -0.2) is 14.8 Å². The van der Waals surface area contributed by atoms with E-state index in [9.17, 15) is 23.3 Å². The van der Waals surface area contributed by atoms with Gasteiger partial charge in [0.15, 0.2) is 28.2 Å². The minimum Gasteiger partial charge on any atom is -0.493 e. The van der Waals surface area contributed by atoms with Crippen molar-refractivity contribution < 1.29 is 46.8 Å². The number of ether oxygens (including phenoxy) is 5. The topological polar surface area (TPSA) is 268 Å². The summed E-state index contributed by atoms with van der Waals surface area (Å²) in [5.74, 6) is -0.157. The Balaban J connectivity index is 1.48. The fourth-order valence-corrected chi connectivity index (χ4v) is 5.40. The van der Waals surface area contributed by atoms with E-state index in [1.54, 1.807) is 42.5 Å². The number of nitrogens with one attached hydrogen (secondary N) is 2. The quantitative estimate of drug-likeness (QED) is 0.0511. The van der Waals surface area contributed by atoms with Crippen LogP contribution in [0.4, 0.5) is 10.6 Å². The minimum absolute atomic E-state index is 0.0354. The number of anilines is 1. The number of rotatable bonds is 19. The van der Waals surface area contributed by atoms with Crippen molar-refractivity contribution >= 4 is 22.0 Å². The van der Waals surface area contributed by atoms with Crippen LogP contribution < -0.4 is 18.9 Å². The number of sulfonamides is 1. The summed E-state index contributed by atoms with van der Waals surface area (Å²) >= 11 is 0. The number of carbonyl (C=O) groups is 1. The molecule has 0 fully saturated rings. The van der Waals surface area contributed by atoms with Crippen LogP contribution in [0.3, 0.4) is 0 Å². The van der Waals surface area contributed by atoms with E-state index in [1.165, 1.54) is 25.6 Å². The van der Waals surface area contributed by atoms with Crippen LogP contribution in [-0.2, 0) is 24.3 Å². The predicted octanol–water partition coefficient (Wildman–Crippen LogP) is 4.36. The van der Waals surface area contributed by atoms with Gasteiger partial charge in [-0.15, -0.1) is 20.3 Å². The highest BCUT2D eigenvalue weighted by molar-refractivity contribution is 7.92. The van der Waals surface area contributed by atoms with Crippen molar-refractivity contribution in [3.05, 3.63) is 76.6 Å². The van der Waals surface area contributed by atoms with Gasteiger partial charge in [-0.05, 0) is 59.9 Å². The number of aromatic nitrogens is 8. The molecule has 2 N–H and O–H groups in total. The molecule has 0 spiro atoms. The van der Waals surface area contributed by atoms with Crippen LogP contribution in [0.15, 0.2) is 66.0 Å². The predicted molar refractivity (Wildman–Crippen MR) is 186 cm³/mol. The van der Waals surface area contributed by atoms with Gasteiger partial charge in [0, 0.05) is 18.0 Å². The largest absolute Gasteiger partial charge is 0.508 e. The summed E-state index contributed by atoms with van der Waals surface area (Å²) in [4.78, 5) is 44.1. The molecular weight excluding hydrogens is 732 g/mol. The smallest absolute Gasteiger partial charge is 0.493 e. The van der Waals surface area contributed by atoms with Gasteiger partial charge in [0.25, 0.3) is 21.0 Å². The first-order valence-corrected chi connectivity index (χ1v) is 17.6. The number of pyridine rings is 2. The maximum absolute atomic E-state index is 13.8. The van der Waals surface area contributed by atoms with Gasteiger partial charge in [0.05, 0.1) is 20.3 Å². The Bertz CT molecular complexity index is 2140. The fourth-order valence-electron chi connectivity index (χ4n) is 4.47. The number of para-hydroxylation sites is 2. The SMILES string of the molecule is COc1ccccc1Oc1c(NS(=O)(=O)c2ccc(C(C)C)cn2)nc(-c2ccnc(-c3nn[nH]n3)c2)nc1OCCOC(=O)OCCCCO[N+](=O)[O-]. The van der Waals surface area contributed by atoms with E-state index in [0.29, 0.717) is 23.4 Å². The van der Waals surface area contributed by atoms with Crippen molar-refractivity contribution in [3.8, 4) is 46.0 Å². The summed E-state index contributed by atoms with van der Waals surface area (Å²) in [6.45, 7) is 3.06. The molecule has 54 heavy (non-hydrogen) atoms. The summed E-state index contributed by atoms with van der Waals surface area (Å²) in [6.07, 6.45) is 2.48. The Morgan fingerprint density at radius 3 is 2.44 bits per heavy atom. The van der Waals surface area contributed by atoms with Crippen molar-refractivity contribution in [3.63, 3.8) is 0 Å². The summed E-state index contributed by atoms with van der Waals surface area (Å²) in [6, 6.07) is 12.7. The van der Waals surface area contributed by atoms with E-state index in [1.807, 2.05) is 13.8 Å². The maximum atomic E-state index is 13.8. The van der Waals surface area contributed by atoms with E-state index in [4.69, 9.17) is 23.7 Å². The molecule has 0 unspecified atom stereocenters. The third kappa shape index (κ3) is 10.4. The van der Waals surface area contributed by atoms with Crippen molar-refractivity contribution in [2.45, 2.75) is 37.6 Å². The minimum atomic E-state index is -4.39. The second-order valence-corrected chi connectivity index (χ2v) is 12.8. The zero-order valence-corrected chi connectivity index (χ0v) is 29.9. The second-order valence-electron chi connectivity index (χ2n) is 11.2. The molecule has 4 aromatic heterocycles. The zero-order chi connectivity index (χ0) is 38.5. The molecule has 284 valence electrons. The van der Waals surface area contributed by atoms with E-state index < -0.39 is 21.3 Å². The first-order valence-electron chi connectivity index (χ1n) is 16.2. The lowest BCUT2D eigenvalue weighted by Gasteiger charge is -2.18. The molecule has 0 atom stereocenters. The molecule has 0 aliphatic carbocycles. The van der Waals surface area contributed by atoms with Gasteiger partial charge < -0.3 is 28.5 Å². The lowest BCUT2D eigenvalue weighted by Crippen LogP contribution is -2.18. The Morgan fingerprint density at radius 2 is 1.74 bits per heavy atom. The van der Waals surface area contributed by atoms with Crippen molar-refractivity contribution in [2.75, 3.05) is 38.3 Å². The first-order chi connectivity index (χ1) is 26.0. The molecule has 4 heterocycles. The highest BCUT2D eigenvalue weighted by Gasteiger charge is 2.26. The van der Waals surface area contributed by atoms with E-state index >= 15 is 0 Å². The molecule has 0 aliphatic rings. The summed E-state index contributed by atoms with van der Waals surface area (Å²) < 4.78 is 57.7. The number of benzene rings is 1. The van der Waals surface area contributed by atoms with Gasteiger partial charge in [0.1, 0.15) is 18.9 Å². The monoisotopic (exact) mass is 766 g/mol. The second kappa shape index (κ2) is 18.2. The van der Waals surface area contributed by atoms with Crippen LogP contribution in [0.2, 0.25) is 0 Å². The van der Waals surface area contributed by atoms with Crippen LogP contribution in [0.25, 0.3) is 22.9 Å². The molecule has 0 radical (unpaired) electrons. The summed E-state index contributed by atoms with van der Waals surface area (Å²) in [5.41, 5.74) is 1.48. The summed E-state index contributed by atoms with van der Waals surface area (Å²) in [7, 11) is -2.96. The Hall–Kier alpha value is -6.71. The van der Waals surface area contributed by atoms with E-state index in [-0.39, 0.29) is 78.6 Å². The third-order valence-electron chi connectivity index (χ3n) is 7.14. The van der Waals surface area contributed by atoms with Gasteiger partial charge in [-0.3, -0.25) is 9.71 Å².